The summed E-state index contributed by atoms with van der Waals surface area (Å²) in [6, 6.07) is 17.1. The van der Waals surface area contributed by atoms with Gasteiger partial charge in [-0.15, -0.1) is 0 Å². The average Bonchev–Trinajstić information content (AvgIpc) is 3.06. The van der Waals surface area contributed by atoms with Crippen molar-refractivity contribution in [3.63, 3.8) is 0 Å². The lowest BCUT2D eigenvalue weighted by Gasteiger charge is -2.20. The summed E-state index contributed by atoms with van der Waals surface area (Å²) >= 11 is 3.43. The highest BCUT2D eigenvalue weighted by Gasteiger charge is 2.29. The first kappa shape index (κ1) is 21.1. The van der Waals surface area contributed by atoms with Crippen LogP contribution in [0, 0.1) is 11.6 Å². The molecule has 9 heteroatoms. The lowest BCUT2D eigenvalue weighted by Crippen LogP contribution is -2.27. The van der Waals surface area contributed by atoms with E-state index in [2.05, 4.69) is 21.2 Å². The molecule has 0 saturated heterocycles. The Balaban J connectivity index is 1.58. The fraction of sp³-hybridized carbons (Fsp3) is 0.0833. The van der Waals surface area contributed by atoms with Crippen molar-refractivity contribution in [2.75, 3.05) is 5.32 Å². The zero-order valence-electron chi connectivity index (χ0n) is 17.0. The number of halogens is 3. The van der Waals surface area contributed by atoms with Crippen molar-refractivity contribution < 1.29 is 18.3 Å². The van der Waals surface area contributed by atoms with E-state index in [9.17, 15) is 18.4 Å². The van der Waals surface area contributed by atoms with Crippen LogP contribution in [0.5, 0.6) is 11.6 Å². The molecular formula is C24H16BrF2N3O3. The lowest BCUT2D eigenvalue weighted by atomic mass is 10.0. The number of aromatic nitrogens is 2. The van der Waals surface area contributed by atoms with Crippen molar-refractivity contribution in [3.8, 4) is 17.3 Å². The van der Waals surface area contributed by atoms with Gasteiger partial charge in [0, 0.05) is 22.5 Å². The Kier molecular flexibility index (Phi) is 5.33. The van der Waals surface area contributed by atoms with Gasteiger partial charge in [0.15, 0.2) is 0 Å². The summed E-state index contributed by atoms with van der Waals surface area (Å²) in [5.74, 6) is -1.30. The van der Waals surface area contributed by atoms with E-state index >= 15 is 0 Å². The van der Waals surface area contributed by atoms with Crippen LogP contribution in [0.3, 0.4) is 0 Å². The van der Waals surface area contributed by atoms with E-state index in [0.29, 0.717) is 23.4 Å². The quantitative estimate of drug-likeness (QED) is 0.368. The van der Waals surface area contributed by atoms with Gasteiger partial charge in [-0.05, 0) is 42.5 Å². The van der Waals surface area contributed by atoms with Crippen molar-refractivity contribution >= 4 is 27.5 Å². The van der Waals surface area contributed by atoms with Gasteiger partial charge in [0.05, 0.1) is 16.9 Å². The van der Waals surface area contributed by atoms with Crippen molar-refractivity contribution in [2.45, 2.75) is 13.0 Å². The molecule has 3 aromatic carbocycles. The molecule has 0 fully saturated rings. The summed E-state index contributed by atoms with van der Waals surface area (Å²) in [7, 11) is 0. The summed E-state index contributed by atoms with van der Waals surface area (Å²) < 4.78 is 37.2. The smallest absolute Gasteiger partial charge is 0.278 e. The van der Waals surface area contributed by atoms with Crippen LogP contribution in [0.4, 0.5) is 14.5 Å². The molecule has 0 spiro atoms. The van der Waals surface area contributed by atoms with E-state index in [-0.39, 0.29) is 23.7 Å². The Morgan fingerprint density at radius 3 is 2.64 bits per heavy atom. The molecule has 0 aliphatic carbocycles. The normalized spacial score (nSPS) is 12.0. The van der Waals surface area contributed by atoms with E-state index in [0.717, 1.165) is 28.2 Å². The van der Waals surface area contributed by atoms with Crippen molar-refractivity contribution in [2.24, 2.45) is 0 Å². The van der Waals surface area contributed by atoms with E-state index in [4.69, 9.17) is 4.74 Å². The number of carbonyl (C=O) groups excluding carboxylic acids is 1. The Bertz CT molecular complexity index is 1450. The van der Waals surface area contributed by atoms with Crippen LogP contribution in [-0.4, -0.2) is 15.3 Å². The fourth-order valence-corrected chi connectivity index (χ4v) is 4.22. The summed E-state index contributed by atoms with van der Waals surface area (Å²) in [5.41, 5.74) is 1.15. The first-order valence-corrected chi connectivity index (χ1v) is 10.8. The number of hydrogen-bond donors (Lipinski definition) is 1. The van der Waals surface area contributed by atoms with Crippen LogP contribution in [0.1, 0.15) is 11.1 Å². The van der Waals surface area contributed by atoms with Gasteiger partial charge in [0.1, 0.15) is 23.9 Å². The van der Waals surface area contributed by atoms with Gasteiger partial charge in [-0.1, -0.05) is 34.1 Å². The SMILES string of the molecule is O=C(Cn1c2c(c(=O)n1-c1ccccc1)Cc1cc(Br)ccc1O2)Nc1cc(F)ccc1F. The van der Waals surface area contributed by atoms with E-state index < -0.39 is 17.5 Å². The molecule has 0 saturated carbocycles. The second kappa shape index (κ2) is 8.32. The Labute approximate surface area is 195 Å². The molecule has 0 bridgehead atoms. The topological polar surface area (TPSA) is 65.3 Å². The van der Waals surface area contributed by atoms with Crippen LogP contribution in [0.25, 0.3) is 5.69 Å². The zero-order valence-corrected chi connectivity index (χ0v) is 18.6. The maximum Gasteiger partial charge on any atom is 0.278 e. The summed E-state index contributed by atoms with van der Waals surface area (Å²) in [6.45, 7) is -0.360. The molecule has 0 atom stereocenters. The summed E-state index contributed by atoms with van der Waals surface area (Å²) in [4.78, 5) is 26.2. The van der Waals surface area contributed by atoms with E-state index in [1.807, 2.05) is 18.2 Å². The van der Waals surface area contributed by atoms with Gasteiger partial charge in [-0.25, -0.2) is 18.1 Å². The number of hydrogen-bond acceptors (Lipinski definition) is 3. The van der Waals surface area contributed by atoms with Crippen LogP contribution in [0.2, 0.25) is 0 Å². The van der Waals surface area contributed by atoms with Crippen molar-refractivity contribution in [1.82, 2.24) is 9.36 Å². The molecular weight excluding hydrogens is 496 g/mol. The van der Waals surface area contributed by atoms with Crippen molar-refractivity contribution in [1.29, 1.82) is 0 Å². The first-order valence-electron chi connectivity index (χ1n) is 10.0. The number of anilines is 1. The van der Waals surface area contributed by atoms with Crippen LogP contribution >= 0.6 is 15.9 Å². The van der Waals surface area contributed by atoms with Crippen LogP contribution < -0.4 is 15.6 Å². The number of carbonyl (C=O) groups is 1. The maximum atomic E-state index is 14.0. The molecule has 2 heterocycles. The highest BCUT2D eigenvalue weighted by molar-refractivity contribution is 9.10. The molecule has 1 aliphatic heterocycles. The fourth-order valence-electron chi connectivity index (χ4n) is 3.81. The van der Waals surface area contributed by atoms with E-state index in [1.54, 1.807) is 30.3 Å². The molecule has 5 rings (SSSR count). The second-order valence-electron chi connectivity index (χ2n) is 7.50. The van der Waals surface area contributed by atoms with Crippen molar-refractivity contribution in [3.05, 3.63) is 104 Å². The Hall–Kier alpha value is -3.72. The minimum Gasteiger partial charge on any atom is -0.439 e. The van der Waals surface area contributed by atoms with Gasteiger partial charge >= 0.3 is 0 Å². The van der Waals surface area contributed by atoms with Gasteiger partial charge in [0.2, 0.25) is 11.8 Å². The first-order chi connectivity index (χ1) is 15.9. The maximum absolute atomic E-state index is 14.0. The molecule has 166 valence electrons. The monoisotopic (exact) mass is 511 g/mol. The largest absolute Gasteiger partial charge is 0.439 e. The highest BCUT2D eigenvalue weighted by atomic mass is 79.9. The molecule has 33 heavy (non-hydrogen) atoms. The number of para-hydroxylation sites is 1. The minimum absolute atomic E-state index is 0.230. The number of nitrogens with zero attached hydrogens (tertiary/aromatic N) is 2. The standard InChI is InChI=1S/C24H16BrF2N3O3/c25-15-6-9-21-14(10-15)11-18-23(32)30(17-4-2-1-3-5-17)29(24(18)33-21)13-22(31)28-20-12-16(26)7-8-19(20)27/h1-10,12H,11,13H2,(H,28,31). The molecule has 1 N–H and O–H groups in total. The number of benzene rings is 3. The Morgan fingerprint density at radius 2 is 1.85 bits per heavy atom. The summed E-state index contributed by atoms with van der Waals surface area (Å²) in [6.07, 6.45) is 0.322. The third-order valence-electron chi connectivity index (χ3n) is 5.28. The van der Waals surface area contributed by atoms with Gasteiger partial charge in [-0.3, -0.25) is 9.59 Å². The molecule has 0 unspecified atom stereocenters. The number of fused-ring (bicyclic) bond motifs is 2. The number of amides is 1. The van der Waals surface area contributed by atoms with Gasteiger partial charge in [0.25, 0.3) is 5.56 Å². The number of nitrogens with one attached hydrogen (secondary N) is 1. The second-order valence-corrected chi connectivity index (χ2v) is 8.41. The van der Waals surface area contributed by atoms with Crippen LogP contribution in [0.15, 0.2) is 76.0 Å². The lowest BCUT2D eigenvalue weighted by molar-refractivity contribution is -0.117. The van der Waals surface area contributed by atoms with Gasteiger partial charge < -0.3 is 10.1 Å². The highest BCUT2D eigenvalue weighted by Crippen LogP contribution is 2.37. The third-order valence-corrected chi connectivity index (χ3v) is 5.77. The molecule has 1 aromatic heterocycles. The van der Waals surface area contributed by atoms with E-state index in [1.165, 1.54) is 9.36 Å². The molecule has 1 amide bonds. The average molecular weight is 512 g/mol. The molecule has 4 aromatic rings. The Morgan fingerprint density at radius 1 is 1.06 bits per heavy atom. The molecule has 0 radical (unpaired) electrons. The third kappa shape index (κ3) is 3.95. The molecule has 1 aliphatic rings. The summed E-state index contributed by atoms with van der Waals surface area (Å²) in [5, 5.41) is 2.37. The van der Waals surface area contributed by atoms with Crippen LogP contribution in [-0.2, 0) is 17.8 Å². The minimum atomic E-state index is -0.768. The number of rotatable bonds is 4. The predicted octanol–water partition coefficient (Wildman–Crippen LogP) is 5.01. The zero-order chi connectivity index (χ0) is 23.1. The molecule has 6 nitrogen and oxygen atoms in total. The van der Waals surface area contributed by atoms with Gasteiger partial charge in [-0.2, -0.15) is 0 Å². The predicted molar refractivity (Wildman–Crippen MR) is 122 cm³/mol. The number of ether oxygens (including phenoxy) is 1.